The number of piperidine rings is 1. The van der Waals surface area contributed by atoms with Crippen LogP contribution in [0.25, 0.3) is 10.9 Å². The van der Waals surface area contributed by atoms with E-state index >= 15 is 0 Å². The zero-order valence-electron chi connectivity index (χ0n) is 10.3. The minimum Gasteiger partial charge on any atom is -0.493 e. The molecule has 3 rings (SSSR count). The standard InChI is InChI=1S/C14H17N3O/c1-2-13(7-14-12(1)8-16-10-17-14)18-9-11-3-5-15-6-4-11/h1-2,7-8,10-11,15H,3-6,9H2. The monoisotopic (exact) mass is 243 g/mol. The van der Waals surface area contributed by atoms with Crippen LogP contribution in [0, 0.1) is 5.92 Å². The molecule has 0 spiro atoms. The van der Waals surface area contributed by atoms with Gasteiger partial charge in [0.1, 0.15) is 12.1 Å². The molecule has 1 aliphatic rings. The number of benzene rings is 1. The molecule has 2 heterocycles. The van der Waals surface area contributed by atoms with E-state index in [-0.39, 0.29) is 0 Å². The maximum atomic E-state index is 5.87. The summed E-state index contributed by atoms with van der Waals surface area (Å²) in [6, 6.07) is 5.98. The fourth-order valence-electron chi connectivity index (χ4n) is 2.31. The first-order chi connectivity index (χ1) is 8.92. The highest BCUT2D eigenvalue weighted by molar-refractivity contribution is 5.78. The van der Waals surface area contributed by atoms with Crippen LogP contribution in [0.5, 0.6) is 5.75 Å². The molecule has 4 heteroatoms. The first kappa shape index (κ1) is 11.4. The first-order valence-corrected chi connectivity index (χ1v) is 6.45. The maximum Gasteiger partial charge on any atom is 0.121 e. The lowest BCUT2D eigenvalue weighted by atomic mass is 9.99. The summed E-state index contributed by atoms with van der Waals surface area (Å²) in [5, 5.41) is 4.41. The molecule has 18 heavy (non-hydrogen) atoms. The molecule has 94 valence electrons. The van der Waals surface area contributed by atoms with Crippen LogP contribution in [0.3, 0.4) is 0 Å². The van der Waals surface area contributed by atoms with Crippen molar-refractivity contribution in [3.8, 4) is 5.75 Å². The number of nitrogens with one attached hydrogen (secondary N) is 1. The Bertz CT molecular complexity index is 523. The first-order valence-electron chi connectivity index (χ1n) is 6.45. The highest BCUT2D eigenvalue weighted by Gasteiger charge is 2.13. The van der Waals surface area contributed by atoms with E-state index in [1.54, 1.807) is 6.33 Å². The van der Waals surface area contributed by atoms with Crippen molar-refractivity contribution in [3.05, 3.63) is 30.7 Å². The summed E-state index contributed by atoms with van der Waals surface area (Å²) < 4.78 is 5.87. The molecule has 2 aromatic rings. The summed E-state index contributed by atoms with van der Waals surface area (Å²) in [7, 11) is 0. The molecule has 1 aromatic carbocycles. The van der Waals surface area contributed by atoms with Crippen LogP contribution < -0.4 is 10.1 Å². The Morgan fingerprint density at radius 2 is 2.17 bits per heavy atom. The van der Waals surface area contributed by atoms with Crippen molar-refractivity contribution in [1.82, 2.24) is 15.3 Å². The molecular weight excluding hydrogens is 226 g/mol. The average Bonchev–Trinajstić information content (AvgIpc) is 2.46. The Morgan fingerprint density at radius 1 is 1.28 bits per heavy atom. The van der Waals surface area contributed by atoms with Crippen LogP contribution in [-0.2, 0) is 0 Å². The Morgan fingerprint density at radius 3 is 3.06 bits per heavy atom. The van der Waals surface area contributed by atoms with Gasteiger partial charge in [-0.1, -0.05) is 0 Å². The van der Waals surface area contributed by atoms with Crippen LogP contribution in [0.2, 0.25) is 0 Å². The van der Waals surface area contributed by atoms with Gasteiger partial charge in [-0.25, -0.2) is 9.97 Å². The van der Waals surface area contributed by atoms with E-state index in [9.17, 15) is 0 Å². The van der Waals surface area contributed by atoms with Crippen molar-refractivity contribution in [3.63, 3.8) is 0 Å². The Hall–Kier alpha value is -1.68. The zero-order valence-corrected chi connectivity index (χ0v) is 10.3. The molecule has 1 saturated heterocycles. The summed E-state index contributed by atoms with van der Waals surface area (Å²) >= 11 is 0. The van der Waals surface area contributed by atoms with E-state index in [1.165, 1.54) is 12.8 Å². The van der Waals surface area contributed by atoms with Crippen LogP contribution in [0.15, 0.2) is 30.7 Å². The quantitative estimate of drug-likeness (QED) is 0.895. The Balaban J connectivity index is 1.66. The van der Waals surface area contributed by atoms with Crippen LogP contribution >= 0.6 is 0 Å². The molecule has 1 N–H and O–H groups in total. The number of rotatable bonds is 3. The number of hydrogen-bond acceptors (Lipinski definition) is 4. The maximum absolute atomic E-state index is 5.87. The molecule has 0 amide bonds. The van der Waals surface area contributed by atoms with Gasteiger partial charge in [-0.2, -0.15) is 0 Å². The second kappa shape index (κ2) is 5.31. The molecule has 0 aliphatic carbocycles. The number of fused-ring (bicyclic) bond motifs is 1. The molecule has 1 aliphatic heterocycles. The van der Waals surface area contributed by atoms with Gasteiger partial charge in [0.15, 0.2) is 0 Å². The van der Waals surface area contributed by atoms with E-state index in [1.807, 2.05) is 24.4 Å². The van der Waals surface area contributed by atoms with Crippen LogP contribution in [-0.4, -0.2) is 29.7 Å². The second-order valence-corrected chi connectivity index (χ2v) is 4.75. The number of hydrogen-bond donors (Lipinski definition) is 1. The third kappa shape index (κ3) is 2.59. The lowest BCUT2D eigenvalue weighted by Crippen LogP contribution is -2.30. The molecule has 0 radical (unpaired) electrons. The van der Waals surface area contributed by atoms with Gasteiger partial charge in [-0.15, -0.1) is 0 Å². The van der Waals surface area contributed by atoms with Gasteiger partial charge in [0.25, 0.3) is 0 Å². The summed E-state index contributed by atoms with van der Waals surface area (Å²) in [5.74, 6) is 1.58. The van der Waals surface area contributed by atoms with Crippen LogP contribution in [0.1, 0.15) is 12.8 Å². The van der Waals surface area contributed by atoms with Crippen molar-refractivity contribution in [2.75, 3.05) is 19.7 Å². The smallest absolute Gasteiger partial charge is 0.121 e. The third-order valence-corrected chi connectivity index (χ3v) is 3.42. The van der Waals surface area contributed by atoms with Gasteiger partial charge in [0.05, 0.1) is 12.1 Å². The predicted molar refractivity (Wildman–Crippen MR) is 70.6 cm³/mol. The Labute approximate surface area is 106 Å². The van der Waals surface area contributed by atoms with Gasteiger partial charge in [0, 0.05) is 17.6 Å². The normalized spacial score (nSPS) is 16.9. The average molecular weight is 243 g/mol. The van der Waals surface area contributed by atoms with E-state index in [0.717, 1.165) is 36.3 Å². The van der Waals surface area contributed by atoms with Crippen molar-refractivity contribution in [2.24, 2.45) is 5.92 Å². The molecule has 4 nitrogen and oxygen atoms in total. The minimum absolute atomic E-state index is 0.673. The third-order valence-electron chi connectivity index (χ3n) is 3.42. The van der Waals surface area contributed by atoms with Gasteiger partial charge >= 0.3 is 0 Å². The zero-order chi connectivity index (χ0) is 12.2. The van der Waals surface area contributed by atoms with Gasteiger partial charge < -0.3 is 10.1 Å². The molecule has 1 fully saturated rings. The molecule has 0 saturated carbocycles. The highest BCUT2D eigenvalue weighted by atomic mass is 16.5. The minimum atomic E-state index is 0.673. The largest absolute Gasteiger partial charge is 0.493 e. The van der Waals surface area contributed by atoms with E-state index < -0.39 is 0 Å². The van der Waals surface area contributed by atoms with Crippen molar-refractivity contribution in [2.45, 2.75) is 12.8 Å². The number of ether oxygens (including phenoxy) is 1. The number of nitrogens with zero attached hydrogens (tertiary/aromatic N) is 2. The lowest BCUT2D eigenvalue weighted by molar-refractivity contribution is 0.215. The second-order valence-electron chi connectivity index (χ2n) is 4.75. The molecule has 0 unspecified atom stereocenters. The van der Waals surface area contributed by atoms with Gasteiger partial charge in [0.2, 0.25) is 0 Å². The molecule has 0 atom stereocenters. The summed E-state index contributed by atoms with van der Waals surface area (Å²) in [5.41, 5.74) is 0.938. The summed E-state index contributed by atoms with van der Waals surface area (Å²) in [6.45, 7) is 3.02. The van der Waals surface area contributed by atoms with Gasteiger partial charge in [-0.3, -0.25) is 0 Å². The van der Waals surface area contributed by atoms with Crippen molar-refractivity contribution in [1.29, 1.82) is 0 Å². The van der Waals surface area contributed by atoms with E-state index in [2.05, 4.69) is 15.3 Å². The fraction of sp³-hybridized carbons (Fsp3) is 0.429. The SMILES string of the molecule is c1ncc2ccc(OCC3CCNCC3)cc2n1. The topological polar surface area (TPSA) is 47.0 Å². The summed E-state index contributed by atoms with van der Waals surface area (Å²) in [6.07, 6.45) is 5.79. The molecule has 0 bridgehead atoms. The molecule has 1 aromatic heterocycles. The van der Waals surface area contributed by atoms with Crippen LogP contribution in [0.4, 0.5) is 0 Å². The predicted octanol–water partition coefficient (Wildman–Crippen LogP) is 2.01. The van der Waals surface area contributed by atoms with Crippen molar-refractivity contribution < 1.29 is 4.74 Å². The highest BCUT2D eigenvalue weighted by Crippen LogP contribution is 2.20. The van der Waals surface area contributed by atoms with Gasteiger partial charge in [-0.05, 0) is 44.0 Å². The van der Waals surface area contributed by atoms with E-state index in [0.29, 0.717) is 5.92 Å². The summed E-state index contributed by atoms with van der Waals surface area (Å²) in [4.78, 5) is 8.24. The molecular formula is C14H17N3O. The van der Waals surface area contributed by atoms with Crippen molar-refractivity contribution >= 4 is 10.9 Å². The van der Waals surface area contributed by atoms with E-state index in [4.69, 9.17) is 4.74 Å². The Kier molecular flexibility index (Phi) is 3.37. The lowest BCUT2D eigenvalue weighted by Gasteiger charge is -2.22. The number of aromatic nitrogens is 2. The fourth-order valence-corrected chi connectivity index (χ4v) is 2.31.